The van der Waals surface area contributed by atoms with Gasteiger partial charge in [0.15, 0.2) is 0 Å². The third-order valence-electron chi connectivity index (χ3n) is 3.89. The molecule has 6 nitrogen and oxygen atoms in total. The molecule has 0 aliphatic heterocycles. The highest BCUT2D eigenvalue weighted by molar-refractivity contribution is 5.90. The van der Waals surface area contributed by atoms with E-state index in [1.165, 1.54) is 7.11 Å². The van der Waals surface area contributed by atoms with Gasteiger partial charge < -0.3 is 15.4 Å². The maximum absolute atomic E-state index is 11.7. The largest absolute Gasteiger partial charge is 0.465 e. The molecule has 3 aromatic rings. The van der Waals surface area contributed by atoms with Crippen LogP contribution in [-0.2, 0) is 4.74 Å². The molecule has 6 heteroatoms. The van der Waals surface area contributed by atoms with Crippen LogP contribution >= 0.6 is 0 Å². The normalized spacial score (nSPS) is 10.3. The van der Waals surface area contributed by atoms with E-state index >= 15 is 0 Å². The lowest BCUT2D eigenvalue weighted by Gasteiger charge is -2.11. The van der Waals surface area contributed by atoms with E-state index in [0.29, 0.717) is 17.2 Å². The first-order valence-electron chi connectivity index (χ1n) is 8.83. The van der Waals surface area contributed by atoms with Crippen LogP contribution in [0, 0.1) is 0 Å². The van der Waals surface area contributed by atoms with Crippen molar-refractivity contribution in [2.24, 2.45) is 0 Å². The summed E-state index contributed by atoms with van der Waals surface area (Å²) < 4.78 is 4.77. The molecule has 0 saturated heterocycles. The summed E-state index contributed by atoms with van der Waals surface area (Å²) in [4.78, 5) is 20.9. The Morgan fingerprint density at radius 3 is 2.59 bits per heavy atom. The zero-order chi connectivity index (χ0) is 19.1. The average molecular weight is 362 g/mol. The minimum Gasteiger partial charge on any atom is -0.465 e. The minimum atomic E-state index is -0.386. The second-order valence-electron chi connectivity index (χ2n) is 5.95. The molecular formula is C21H22N4O2. The molecule has 138 valence electrons. The predicted octanol–water partition coefficient (Wildman–Crippen LogP) is 4.50. The van der Waals surface area contributed by atoms with Crippen LogP contribution in [0.4, 0.5) is 17.5 Å². The van der Waals surface area contributed by atoms with E-state index in [4.69, 9.17) is 4.74 Å². The minimum absolute atomic E-state index is 0.386. The molecule has 0 atom stereocenters. The summed E-state index contributed by atoms with van der Waals surface area (Å²) in [6.45, 7) is 2.92. The molecule has 0 fully saturated rings. The zero-order valence-electron chi connectivity index (χ0n) is 15.4. The van der Waals surface area contributed by atoms with Gasteiger partial charge in [-0.15, -0.1) is 0 Å². The second-order valence-corrected chi connectivity index (χ2v) is 5.95. The third kappa shape index (κ3) is 4.82. The van der Waals surface area contributed by atoms with Crippen LogP contribution in [-0.4, -0.2) is 29.6 Å². The van der Waals surface area contributed by atoms with Crippen molar-refractivity contribution >= 4 is 23.4 Å². The summed E-state index contributed by atoms with van der Waals surface area (Å²) in [6, 6.07) is 18.9. The number of nitrogens with one attached hydrogen (secondary N) is 2. The Morgan fingerprint density at radius 1 is 1.04 bits per heavy atom. The van der Waals surface area contributed by atoms with Crippen molar-refractivity contribution < 1.29 is 9.53 Å². The van der Waals surface area contributed by atoms with E-state index in [-0.39, 0.29) is 5.97 Å². The number of hydrogen-bond acceptors (Lipinski definition) is 6. The van der Waals surface area contributed by atoms with Gasteiger partial charge in [0, 0.05) is 23.9 Å². The Bertz CT molecular complexity index is 913. The van der Waals surface area contributed by atoms with E-state index < -0.39 is 0 Å². The summed E-state index contributed by atoms with van der Waals surface area (Å²) in [5.41, 5.74) is 3.00. The topological polar surface area (TPSA) is 76.1 Å². The Hall–Kier alpha value is -3.41. The van der Waals surface area contributed by atoms with Crippen LogP contribution in [0.1, 0.15) is 23.7 Å². The molecule has 27 heavy (non-hydrogen) atoms. The standard InChI is InChI=1S/C21H22N4O2/c1-3-12-22-19-14-18(15-8-5-4-6-9-15)24-21(25-19)23-17-11-7-10-16(13-17)20(26)27-2/h4-11,13-14H,3,12H2,1-2H3,(H2,22,23,24,25). The first-order valence-corrected chi connectivity index (χ1v) is 8.83. The molecule has 0 aliphatic rings. The van der Waals surface area contributed by atoms with Crippen LogP contribution in [0.15, 0.2) is 60.7 Å². The van der Waals surface area contributed by atoms with Crippen molar-refractivity contribution in [3.8, 4) is 11.3 Å². The summed E-state index contributed by atoms with van der Waals surface area (Å²) in [7, 11) is 1.36. The third-order valence-corrected chi connectivity index (χ3v) is 3.89. The number of rotatable bonds is 7. The molecule has 0 bridgehead atoms. The quantitative estimate of drug-likeness (QED) is 0.603. The molecule has 1 aromatic heterocycles. The Kier molecular flexibility index (Phi) is 5.99. The lowest BCUT2D eigenvalue weighted by Crippen LogP contribution is -2.07. The molecule has 0 aliphatic carbocycles. The van der Waals surface area contributed by atoms with Crippen molar-refractivity contribution in [2.45, 2.75) is 13.3 Å². The van der Waals surface area contributed by atoms with E-state index in [0.717, 1.165) is 30.0 Å². The first kappa shape index (κ1) is 18.4. The highest BCUT2D eigenvalue weighted by atomic mass is 16.5. The van der Waals surface area contributed by atoms with Crippen molar-refractivity contribution in [3.05, 3.63) is 66.2 Å². The molecule has 3 rings (SSSR count). The number of hydrogen-bond donors (Lipinski definition) is 2. The van der Waals surface area contributed by atoms with Gasteiger partial charge in [-0.3, -0.25) is 0 Å². The van der Waals surface area contributed by atoms with Gasteiger partial charge in [0.1, 0.15) is 5.82 Å². The van der Waals surface area contributed by atoms with Crippen molar-refractivity contribution in [3.63, 3.8) is 0 Å². The maximum atomic E-state index is 11.7. The second kappa shape index (κ2) is 8.80. The first-order chi connectivity index (χ1) is 13.2. The van der Waals surface area contributed by atoms with E-state index in [1.807, 2.05) is 42.5 Å². The molecule has 0 spiro atoms. The number of carbonyl (C=O) groups excluding carboxylic acids is 1. The van der Waals surface area contributed by atoms with Crippen molar-refractivity contribution in [2.75, 3.05) is 24.3 Å². The van der Waals surface area contributed by atoms with Crippen LogP contribution in [0.25, 0.3) is 11.3 Å². The molecular weight excluding hydrogens is 340 g/mol. The van der Waals surface area contributed by atoms with Gasteiger partial charge in [-0.05, 0) is 24.6 Å². The Labute approximate surface area is 158 Å². The maximum Gasteiger partial charge on any atom is 0.337 e. The number of anilines is 3. The molecule has 0 amide bonds. The van der Waals surface area contributed by atoms with Crippen LogP contribution in [0.3, 0.4) is 0 Å². The number of ether oxygens (including phenoxy) is 1. The molecule has 0 radical (unpaired) electrons. The SMILES string of the molecule is CCCNc1cc(-c2ccccc2)nc(Nc2cccc(C(=O)OC)c2)n1. The predicted molar refractivity (Wildman–Crippen MR) is 107 cm³/mol. The number of benzene rings is 2. The molecule has 1 heterocycles. The number of esters is 1. The monoisotopic (exact) mass is 362 g/mol. The summed E-state index contributed by atoms with van der Waals surface area (Å²) >= 11 is 0. The van der Waals surface area contributed by atoms with Gasteiger partial charge in [0.05, 0.1) is 18.4 Å². The van der Waals surface area contributed by atoms with Gasteiger partial charge in [-0.2, -0.15) is 4.98 Å². The van der Waals surface area contributed by atoms with Gasteiger partial charge in [0.25, 0.3) is 0 Å². The lowest BCUT2D eigenvalue weighted by molar-refractivity contribution is 0.0601. The van der Waals surface area contributed by atoms with Crippen molar-refractivity contribution in [1.82, 2.24) is 9.97 Å². The fraction of sp³-hybridized carbons (Fsp3) is 0.190. The number of methoxy groups -OCH3 is 1. The molecule has 0 saturated carbocycles. The Morgan fingerprint density at radius 2 is 1.85 bits per heavy atom. The summed E-state index contributed by atoms with van der Waals surface area (Å²) in [5, 5.41) is 6.48. The summed E-state index contributed by atoms with van der Waals surface area (Å²) in [5.74, 6) is 0.817. The fourth-order valence-corrected chi connectivity index (χ4v) is 2.57. The zero-order valence-corrected chi connectivity index (χ0v) is 15.4. The summed E-state index contributed by atoms with van der Waals surface area (Å²) in [6.07, 6.45) is 0.995. The highest BCUT2D eigenvalue weighted by Crippen LogP contribution is 2.23. The van der Waals surface area contributed by atoms with Crippen molar-refractivity contribution in [1.29, 1.82) is 0 Å². The van der Waals surface area contributed by atoms with E-state index in [9.17, 15) is 4.79 Å². The molecule has 0 unspecified atom stereocenters. The van der Waals surface area contributed by atoms with Crippen LogP contribution in [0.5, 0.6) is 0 Å². The van der Waals surface area contributed by atoms with E-state index in [1.54, 1.807) is 18.2 Å². The molecule has 2 N–H and O–H groups in total. The number of carbonyl (C=O) groups is 1. The van der Waals surface area contributed by atoms with Crippen LogP contribution in [0.2, 0.25) is 0 Å². The van der Waals surface area contributed by atoms with Gasteiger partial charge in [0.2, 0.25) is 5.95 Å². The highest BCUT2D eigenvalue weighted by Gasteiger charge is 2.09. The van der Waals surface area contributed by atoms with Crippen LogP contribution < -0.4 is 10.6 Å². The molecule has 2 aromatic carbocycles. The van der Waals surface area contributed by atoms with Gasteiger partial charge in [-0.1, -0.05) is 43.3 Å². The lowest BCUT2D eigenvalue weighted by atomic mass is 10.1. The smallest absolute Gasteiger partial charge is 0.337 e. The van der Waals surface area contributed by atoms with Gasteiger partial charge >= 0.3 is 5.97 Å². The number of nitrogens with zero attached hydrogens (tertiary/aromatic N) is 2. The fourth-order valence-electron chi connectivity index (χ4n) is 2.57. The Balaban J connectivity index is 1.93. The van der Waals surface area contributed by atoms with Gasteiger partial charge in [-0.25, -0.2) is 9.78 Å². The number of aromatic nitrogens is 2. The average Bonchev–Trinajstić information content (AvgIpc) is 2.72. The van der Waals surface area contributed by atoms with E-state index in [2.05, 4.69) is 27.5 Å².